The number of aliphatic hydroxyl groups is 1. The van der Waals surface area contributed by atoms with E-state index in [-0.39, 0.29) is 10.8 Å². The molecule has 15 heavy (non-hydrogen) atoms. The zero-order valence-electron chi connectivity index (χ0n) is 9.88. The molecule has 0 aromatic heterocycles. The Bertz CT molecular complexity index is 240. The van der Waals surface area contributed by atoms with Gasteiger partial charge in [-0.15, -0.1) is 0 Å². The van der Waals surface area contributed by atoms with Gasteiger partial charge in [-0.2, -0.15) is 0 Å². The smallest absolute Gasteiger partial charge is 0.0763 e. The summed E-state index contributed by atoms with van der Waals surface area (Å²) in [6.07, 6.45) is 4.24. The Hall–Kier alpha value is -0.120. The van der Waals surface area contributed by atoms with Crippen molar-refractivity contribution in [1.82, 2.24) is 0 Å². The summed E-state index contributed by atoms with van der Waals surface area (Å²) in [6.45, 7) is 6.08. The van der Waals surface area contributed by atoms with Crippen molar-refractivity contribution in [3.8, 4) is 0 Å². The van der Waals surface area contributed by atoms with Crippen LogP contribution in [-0.4, -0.2) is 30.5 Å². The summed E-state index contributed by atoms with van der Waals surface area (Å²) in [5, 5.41) is 10.8. The van der Waals surface area contributed by atoms with Gasteiger partial charge >= 0.3 is 0 Å². The first-order chi connectivity index (χ1) is 6.97. The molecule has 1 saturated carbocycles. The van der Waals surface area contributed by atoms with Crippen molar-refractivity contribution >= 4 is 0 Å². The van der Waals surface area contributed by atoms with Crippen LogP contribution in [0.4, 0.5) is 0 Å². The average molecular weight is 213 g/mol. The van der Waals surface area contributed by atoms with Crippen LogP contribution in [0.3, 0.4) is 0 Å². The predicted molar refractivity (Wildman–Crippen MR) is 59.5 cm³/mol. The Balaban J connectivity index is 2.23. The predicted octanol–water partition coefficient (Wildman–Crippen LogP) is 1.29. The summed E-state index contributed by atoms with van der Waals surface area (Å²) < 4.78 is 5.55. The topological polar surface area (TPSA) is 55.5 Å². The molecule has 0 spiro atoms. The SMILES string of the molecule is CC1(C(C)(O)C2(CN)CCCOC2)CC1. The van der Waals surface area contributed by atoms with Crippen LogP contribution in [0.1, 0.15) is 39.5 Å². The van der Waals surface area contributed by atoms with Crippen LogP contribution in [0.25, 0.3) is 0 Å². The first-order valence-corrected chi connectivity index (χ1v) is 5.98. The minimum absolute atomic E-state index is 0.0626. The lowest BCUT2D eigenvalue weighted by molar-refractivity contribution is -0.166. The lowest BCUT2D eigenvalue weighted by Gasteiger charge is -2.50. The standard InChI is InChI=1S/C12H23NO2/c1-10(5-6-10)11(2,14)12(8-13)4-3-7-15-9-12/h14H,3-9,13H2,1-2H3. The van der Waals surface area contributed by atoms with Crippen molar-refractivity contribution in [2.45, 2.75) is 45.1 Å². The van der Waals surface area contributed by atoms with Gasteiger partial charge in [-0.3, -0.25) is 0 Å². The van der Waals surface area contributed by atoms with E-state index in [1.807, 2.05) is 6.92 Å². The fourth-order valence-electron chi connectivity index (χ4n) is 2.91. The summed E-state index contributed by atoms with van der Waals surface area (Å²) in [5.41, 5.74) is 5.06. The van der Waals surface area contributed by atoms with Gasteiger partial charge in [0.2, 0.25) is 0 Å². The minimum atomic E-state index is -0.685. The molecule has 3 nitrogen and oxygen atoms in total. The van der Waals surface area contributed by atoms with Gasteiger partial charge in [0.25, 0.3) is 0 Å². The van der Waals surface area contributed by atoms with Crippen LogP contribution in [0, 0.1) is 10.8 Å². The molecule has 3 N–H and O–H groups in total. The summed E-state index contributed by atoms with van der Waals surface area (Å²) in [7, 11) is 0. The zero-order valence-corrected chi connectivity index (χ0v) is 9.88. The molecule has 0 radical (unpaired) electrons. The van der Waals surface area contributed by atoms with Crippen LogP contribution in [0.2, 0.25) is 0 Å². The van der Waals surface area contributed by atoms with E-state index in [4.69, 9.17) is 10.5 Å². The molecule has 0 aromatic rings. The van der Waals surface area contributed by atoms with Crippen molar-refractivity contribution in [3.05, 3.63) is 0 Å². The maximum Gasteiger partial charge on any atom is 0.0763 e. The van der Waals surface area contributed by atoms with E-state index in [9.17, 15) is 5.11 Å². The normalized spacial score (nSPS) is 38.4. The third-order valence-electron chi connectivity index (χ3n) is 4.92. The third kappa shape index (κ3) is 1.52. The van der Waals surface area contributed by atoms with Crippen LogP contribution in [-0.2, 0) is 4.74 Å². The molecule has 2 atom stereocenters. The van der Waals surface area contributed by atoms with Gasteiger partial charge in [0.1, 0.15) is 0 Å². The van der Waals surface area contributed by atoms with Crippen LogP contribution >= 0.6 is 0 Å². The zero-order chi connectivity index (χ0) is 11.2. The highest BCUT2D eigenvalue weighted by molar-refractivity contribution is 5.12. The molecule has 1 aliphatic heterocycles. The van der Waals surface area contributed by atoms with Gasteiger partial charge in [-0.25, -0.2) is 0 Å². The number of hydrogen-bond acceptors (Lipinski definition) is 3. The maximum absolute atomic E-state index is 10.8. The molecule has 1 heterocycles. The Kier molecular flexibility index (Phi) is 2.61. The van der Waals surface area contributed by atoms with E-state index < -0.39 is 5.60 Å². The largest absolute Gasteiger partial charge is 0.389 e. The van der Waals surface area contributed by atoms with Crippen molar-refractivity contribution in [2.75, 3.05) is 19.8 Å². The molecular weight excluding hydrogens is 190 g/mol. The highest BCUT2D eigenvalue weighted by atomic mass is 16.5. The minimum Gasteiger partial charge on any atom is -0.389 e. The second-order valence-electron chi connectivity index (χ2n) is 5.77. The van der Waals surface area contributed by atoms with Gasteiger partial charge in [0.15, 0.2) is 0 Å². The molecule has 1 aliphatic carbocycles. The van der Waals surface area contributed by atoms with E-state index in [2.05, 4.69) is 6.92 Å². The Morgan fingerprint density at radius 1 is 1.40 bits per heavy atom. The van der Waals surface area contributed by atoms with Crippen LogP contribution in [0.5, 0.6) is 0 Å². The van der Waals surface area contributed by atoms with Gasteiger partial charge in [0, 0.05) is 18.6 Å². The van der Waals surface area contributed by atoms with Gasteiger partial charge < -0.3 is 15.6 Å². The Morgan fingerprint density at radius 3 is 2.47 bits per heavy atom. The first kappa shape index (κ1) is 11.4. The lowest BCUT2D eigenvalue weighted by Crippen LogP contribution is -2.59. The lowest BCUT2D eigenvalue weighted by atomic mass is 9.63. The molecule has 0 amide bonds. The van der Waals surface area contributed by atoms with Crippen molar-refractivity contribution in [3.63, 3.8) is 0 Å². The summed E-state index contributed by atoms with van der Waals surface area (Å²) in [6, 6.07) is 0. The molecule has 2 unspecified atom stereocenters. The molecule has 2 aliphatic rings. The van der Waals surface area contributed by atoms with Crippen LogP contribution < -0.4 is 5.73 Å². The molecule has 1 saturated heterocycles. The quantitative estimate of drug-likeness (QED) is 0.743. The highest BCUT2D eigenvalue weighted by Crippen LogP contribution is 2.60. The maximum atomic E-state index is 10.8. The Labute approximate surface area is 92.0 Å². The number of nitrogens with two attached hydrogens (primary N) is 1. The third-order valence-corrected chi connectivity index (χ3v) is 4.92. The van der Waals surface area contributed by atoms with Crippen molar-refractivity contribution < 1.29 is 9.84 Å². The molecule has 88 valence electrons. The molecule has 2 rings (SSSR count). The van der Waals surface area contributed by atoms with E-state index in [0.717, 1.165) is 32.3 Å². The number of ether oxygens (including phenoxy) is 1. The summed E-state index contributed by atoms with van der Waals surface area (Å²) in [5.74, 6) is 0. The number of hydrogen-bond donors (Lipinski definition) is 2. The highest BCUT2D eigenvalue weighted by Gasteiger charge is 2.62. The van der Waals surface area contributed by atoms with E-state index in [0.29, 0.717) is 13.2 Å². The van der Waals surface area contributed by atoms with Gasteiger partial charge in [-0.05, 0) is 38.0 Å². The first-order valence-electron chi connectivity index (χ1n) is 5.98. The number of rotatable bonds is 3. The van der Waals surface area contributed by atoms with Crippen molar-refractivity contribution in [2.24, 2.45) is 16.6 Å². The molecule has 3 heteroatoms. The Morgan fingerprint density at radius 2 is 2.07 bits per heavy atom. The fraction of sp³-hybridized carbons (Fsp3) is 1.00. The molecule has 2 fully saturated rings. The second kappa shape index (κ2) is 3.44. The van der Waals surface area contributed by atoms with Crippen molar-refractivity contribution in [1.29, 1.82) is 0 Å². The molecular formula is C12H23NO2. The molecule has 0 bridgehead atoms. The van der Waals surface area contributed by atoms with E-state index >= 15 is 0 Å². The average Bonchev–Trinajstić information content (AvgIpc) is 2.99. The van der Waals surface area contributed by atoms with E-state index in [1.165, 1.54) is 0 Å². The second-order valence-corrected chi connectivity index (χ2v) is 5.77. The van der Waals surface area contributed by atoms with Crippen LogP contribution in [0.15, 0.2) is 0 Å². The summed E-state index contributed by atoms with van der Waals surface area (Å²) in [4.78, 5) is 0. The van der Waals surface area contributed by atoms with Gasteiger partial charge in [0.05, 0.1) is 12.2 Å². The summed E-state index contributed by atoms with van der Waals surface area (Å²) >= 11 is 0. The van der Waals surface area contributed by atoms with E-state index in [1.54, 1.807) is 0 Å². The monoisotopic (exact) mass is 213 g/mol. The fourth-order valence-corrected chi connectivity index (χ4v) is 2.91. The van der Waals surface area contributed by atoms with Gasteiger partial charge in [-0.1, -0.05) is 6.92 Å². The molecule has 0 aromatic carbocycles.